The molecule has 0 aliphatic heterocycles. The number of aliphatic hydroxyl groups is 2. The number of hydrogen-bond acceptors (Lipinski definition) is 7. The smallest absolute Gasteiger partial charge is 0.246 e. The van der Waals surface area contributed by atoms with Crippen LogP contribution < -0.4 is 17.2 Å². The van der Waals surface area contributed by atoms with Gasteiger partial charge in [0, 0.05) is 11.1 Å². The lowest BCUT2D eigenvalue weighted by Crippen LogP contribution is -2.14. The predicted molar refractivity (Wildman–Crippen MR) is 108 cm³/mol. The van der Waals surface area contributed by atoms with Gasteiger partial charge >= 0.3 is 0 Å². The van der Waals surface area contributed by atoms with Crippen molar-refractivity contribution >= 4 is 29.3 Å². The second-order valence-corrected chi connectivity index (χ2v) is 4.98. The summed E-state index contributed by atoms with van der Waals surface area (Å²) in [5.41, 5.74) is 14.4. The summed E-state index contributed by atoms with van der Waals surface area (Å²) in [6, 6.07) is 0. The Morgan fingerprint density at radius 1 is 0.821 bits per heavy atom. The number of primary amides is 3. The van der Waals surface area contributed by atoms with Crippen molar-refractivity contribution in [1.82, 2.24) is 0 Å². The molecule has 0 bridgehead atoms. The van der Waals surface area contributed by atoms with Crippen molar-refractivity contribution in [3.63, 3.8) is 0 Å². The summed E-state index contributed by atoms with van der Waals surface area (Å²) >= 11 is 0. The summed E-state index contributed by atoms with van der Waals surface area (Å²) < 4.78 is 0. The molecule has 0 saturated heterocycles. The third-order valence-electron chi connectivity index (χ3n) is 1.53. The largest absolute Gasteiger partial charge is 0.392 e. The first-order chi connectivity index (χ1) is 12.6. The molecule has 0 aliphatic rings. The summed E-state index contributed by atoms with van der Waals surface area (Å²) in [6.45, 7) is 13.4. The zero-order valence-electron chi connectivity index (χ0n) is 17.2. The molecular formula is C18H33N3O7. The van der Waals surface area contributed by atoms with E-state index in [0.717, 1.165) is 6.08 Å². The Kier molecular flexibility index (Phi) is 33.5. The molecule has 10 nitrogen and oxygen atoms in total. The lowest BCUT2D eigenvalue weighted by atomic mass is 10.3. The molecule has 0 unspecified atom stereocenters. The van der Waals surface area contributed by atoms with E-state index in [2.05, 4.69) is 24.6 Å². The van der Waals surface area contributed by atoms with E-state index in [1.54, 1.807) is 6.92 Å². The van der Waals surface area contributed by atoms with Gasteiger partial charge in [-0.2, -0.15) is 0 Å². The highest BCUT2D eigenvalue weighted by Crippen LogP contribution is 1.86. The van der Waals surface area contributed by atoms with Gasteiger partial charge in [-0.25, -0.2) is 0 Å². The third kappa shape index (κ3) is 77.6. The summed E-state index contributed by atoms with van der Waals surface area (Å²) in [5, 5.41) is 16.3. The monoisotopic (exact) mass is 403 g/mol. The average Bonchev–Trinajstić information content (AvgIpc) is 2.54. The van der Waals surface area contributed by atoms with Gasteiger partial charge in [-0.1, -0.05) is 19.2 Å². The van der Waals surface area contributed by atoms with E-state index in [0.29, 0.717) is 5.57 Å². The molecule has 0 aromatic carbocycles. The standard InChI is InChI=1S/C5H9NO2.C4H7NO2.C3H5NO.2C3H6O/c1-4(2-3-7)5(6)8;1-3(2-6)4(5)7;1-2-3(4)5;2*1-3(2)4/h2,7H,3H2,1H3,(H2,6,8);6H,1-2H2,(H2,5,7);2H,1H2,(H2,4,5);2*1-2H3. The van der Waals surface area contributed by atoms with Crippen LogP contribution in [0.5, 0.6) is 0 Å². The number of hydrogen-bond donors (Lipinski definition) is 5. The fourth-order valence-corrected chi connectivity index (χ4v) is 0.315. The molecule has 0 aromatic heterocycles. The number of aliphatic hydroxyl groups excluding tert-OH is 2. The number of nitrogens with two attached hydrogens (primary N) is 3. The maximum Gasteiger partial charge on any atom is 0.246 e. The van der Waals surface area contributed by atoms with Crippen LogP contribution in [0.25, 0.3) is 0 Å². The highest BCUT2D eigenvalue weighted by Gasteiger charge is 1.95. The maximum atomic E-state index is 10.1. The molecule has 8 N–H and O–H groups in total. The highest BCUT2D eigenvalue weighted by atomic mass is 16.3. The molecular weight excluding hydrogens is 370 g/mol. The summed E-state index contributed by atoms with van der Waals surface area (Å²) in [7, 11) is 0. The Bertz CT molecular complexity index is 533. The van der Waals surface area contributed by atoms with E-state index in [4.69, 9.17) is 15.9 Å². The van der Waals surface area contributed by atoms with Crippen molar-refractivity contribution in [3.8, 4) is 0 Å². The van der Waals surface area contributed by atoms with Crippen molar-refractivity contribution in [1.29, 1.82) is 0 Å². The molecule has 0 spiro atoms. The van der Waals surface area contributed by atoms with Gasteiger partial charge in [0.05, 0.1) is 13.2 Å². The summed E-state index contributed by atoms with van der Waals surface area (Å²) in [5.74, 6) is -1.29. The lowest BCUT2D eigenvalue weighted by Gasteiger charge is -1.88. The Labute approximate surface area is 165 Å². The van der Waals surface area contributed by atoms with Gasteiger partial charge in [0.15, 0.2) is 0 Å². The third-order valence-corrected chi connectivity index (χ3v) is 1.53. The molecule has 10 heteroatoms. The second kappa shape index (κ2) is 26.1. The highest BCUT2D eigenvalue weighted by molar-refractivity contribution is 5.91. The quantitative estimate of drug-likeness (QED) is 0.372. The average molecular weight is 403 g/mol. The number of Topliss-reactive ketones (excluding diaryl/α,β-unsaturated/α-hetero) is 2. The van der Waals surface area contributed by atoms with Gasteiger partial charge in [0.2, 0.25) is 17.7 Å². The first-order valence-corrected chi connectivity index (χ1v) is 7.62. The fourth-order valence-electron chi connectivity index (χ4n) is 0.315. The van der Waals surface area contributed by atoms with E-state index in [1.807, 2.05) is 0 Å². The van der Waals surface area contributed by atoms with Crippen molar-refractivity contribution in [2.24, 2.45) is 17.2 Å². The molecule has 3 amide bonds. The number of carbonyl (C=O) groups excluding carboxylic acids is 5. The molecule has 0 aromatic rings. The first kappa shape index (κ1) is 35.9. The minimum Gasteiger partial charge on any atom is -0.392 e. The van der Waals surface area contributed by atoms with Gasteiger partial charge in [-0.05, 0) is 40.7 Å². The van der Waals surface area contributed by atoms with Crippen LogP contribution in [0.4, 0.5) is 0 Å². The van der Waals surface area contributed by atoms with E-state index in [1.165, 1.54) is 33.8 Å². The number of ketones is 2. The molecule has 28 heavy (non-hydrogen) atoms. The summed E-state index contributed by atoms with van der Waals surface area (Å²) in [4.78, 5) is 48.4. The topological polar surface area (TPSA) is 204 Å². The number of amides is 3. The van der Waals surface area contributed by atoms with E-state index in [9.17, 15) is 24.0 Å². The van der Waals surface area contributed by atoms with Crippen molar-refractivity contribution in [2.75, 3.05) is 13.2 Å². The van der Waals surface area contributed by atoms with Crippen LogP contribution in [-0.4, -0.2) is 52.7 Å². The van der Waals surface area contributed by atoms with Crippen LogP contribution >= 0.6 is 0 Å². The Morgan fingerprint density at radius 2 is 1.11 bits per heavy atom. The van der Waals surface area contributed by atoms with Gasteiger partial charge in [-0.15, -0.1) is 0 Å². The predicted octanol–water partition coefficient (Wildman–Crippen LogP) is -0.721. The van der Waals surface area contributed by atoms with Crippen LogP contribution in [0.2, 0.25) is 0 Å². The SMILES string of the molecule is C=C(CO)C(N)=O.C=CC(N)=O.CC(=CCO)C(N)=O.CC(C)=O.CC(C)=O. The van der Waals surface area contributed by atoms with Gasteiger partial charge < -0.3 is 37.0 Å². The molecule has 0 aliphatic carbocycles. The Hall–Kier alpha value is -3.11. The van der Waals surface area contributed by atoms with Crippen LogP contribution in [0.1, 0.15) is 34.6 Å². The fraction of sp³-hybridized carbons (Fsp3) is 0.389. The number of rotatable bonds is 5. The molecule has 0 heterocycles. The molecule has 0 rings (SSSR count). The maximum absolute atomic E-state index is 10.1. The lowest BCUT2D eigenvalue weighted by molar-refractivity contribution is -0.115. The molecule has 162 valence electrons. The van der Waals surface area contributed by atoms with Gasteiger partial charge in [-0.3, -0.25) is 14.4 Å². The van der Waals surface area contributed by atoms with Crippen molar-refractivity contribution in [2.45, 2.75) is 34.6 Å². The Morgan fingerprint density at radius 3 is 1.14 bits per heavy atom. The van der Waals surface area contributed by atoms with E-state index < -0.39 is 17.7 Å². The zero-order chi connectivity index (χ0) is 23.9. The Balaban J connectivity index is -0.0000000812. The minimum absolute atomic E-state index is 0.0417. The van der Waals surface area contributed by atoms with Crippen LogP contribution in [-0.2, 0) is 24.0 Å². The normalized spacial score (nSPS) is 8.32. The first-order valence-electron chi connectivity index (χ1n) is 7.62. The van der Waals surface area contributed by atoms with Gasteiger partial charge in [0.25, 0.3) is 0 Å². The summed E-state index contributed by atoms with van der Waals surface area (Å²) in [6.07, 6.45) is 2.42. The molecule has 0 fully saturated rings. The van der Waals surface area contributed by atoms with Crippen molar-refractivity contribution < 1.29 is 34.2 Å². The molecule has 0 saturated carbocycles. The van der Waals surface area contributed by atoms with E-state index in [-0.39, 0.29) is 30.4 Å². The number of carbonyl (C=O) groups is 5. The van der Waals surface area contributed by atoms with Crippen LogP contribution in [0.15, 0.2) is 36.5 Å². The van der Waals surface area contributed by atoms with Crippen molar-refractivity contribution in [3.05, 3.63) is 36.5 Å². The van der Waals surface area contributed by atoms with Gasteiger partial charge in [0.1, 0.15) is 11.6 Å². The van der Waals surface area contributed by atoms with Crippen LogP contribution in [0.3, 0.4) is 0 Å². The van der Waals surface area contributed by atoms with Crippen LogP contribution in [0, 0.1) is 0 Å². The molecule has 0 radical (unpaired) electrons. The molecule has 0 atom stereocenters. The van der Waals surface area contributed by atoms with E-state index >= 15 is 0 Å². The minimum atomic E-state index is -0.650. The second-order valence-electron chi connectivity index (χ2n) is 4.98. The zero-order valence-corrected chi connectivity index (χ0v) is 17.2.